The van der Waals surface area contributed by atoms with Crippen molar-refractivity contribution in [1.29, 1.82) is 0 Å². The highest BCUT2D eigenvalue weighted by atomic mass is 16.5. The van der Waals surface area contributed by atoms with Gasteiger partial charge in [-0.25, -0.2) is 0 Å². The molecule has 4 aromatic carbocycles. The van der Waals surface area contributed by atoms with E-state index in [0.717, 1.165) is 27.6 Å². The molecular formula is C31H27NO5. The number of carbonyl (C=O) groups excluding carboxylic acids is 2. The van der Waals surface area contributed by atoms with E-state index < -0.39 is 17.7 Å². The second-order valence-electron chi connectivity index (χ2n) is 8.89. The number of ether oxygens (including phenoxy) is 2. The lowest BCUT2D eigenvalue weighted by Crippen LogP contribution is -2.31. The summed E-state index contributed by atoms with van der Waals surface area (Å²) in [6.07, 6.45) is 0.540. The van der Waals surface area contributed by atoms with Crippen LogP contribution in [0.5, 0.6) is 11.5 Å². The lowest BCUT2D eigenvalue weighted by Gasteiger charge is -2.25. The van der Waals surface area contributed by atoms with Gasteiger partial charge in [0.2, 0.25) is 0 Å². The van der Waals surface area contributed by atoms with Gasteiger partial charge < -0.3 is 19.5 Å². The maximum absolute atomic E-state index is 13.4. The second-order valence-corrected chi connectivity index (χ2v) is 8.89. The van der Waals surface area contributed by atoms with Gasteiger partial charge in [0.15, 0.2) is 0 Å². The minimum absolute atomic E-state index is 0.0845. The first-order valence-electron chi connectivity index (χ1n) is 12.0. The van der Waals surface area contributed by atoms with Crippen LogP contribution in [0.3, 0.4) is 0 Å². The number of hydrogen-bond acceptors (Lipinski definition) is 5. The zero-order valence-electron chi connectivity index (χ0n) is 20.7. The van der Waals surface area contributed by atoms with E-state index in [9.17, 15) is 14.7 Å². The summed E-state index contributed by atoms with van der Waals surface area (Å²) >= 11 is 0. The molecule has 6 nitrogen and oxygen atoms in total. The summed E-state index contributed by atoms with van der Waals surface area (Å²) < 4.78 is 10.5. The number of aliphatic hydroxyl groups is 1. The van der Waals surface area contributed by atoms with E-state index in [1.807, 2.05) is 72.8 Å². The fourth-order valence-electron chi connectivity index (χ4n) is 4.86. The van der Waals surface area contributed by atoms with Gasteiger partial charge in [-0.15, -0.1) is 0 Å². The minimum Gasteiger partial charge on any atom is -0.507 e. The molecule has 1 heterocycles. The Labute approximate surface area is 215 Å². The van der Waals surface area contributed by atoms with Crippen molar-refractivity contribution in [2.24, 2.45) is 0 Å². The number of hydrogen-bond donors (Lipinski definition) is 1. The van der Waals surface area contributed by atoms with E-state index in [1.165, 1.54) is 0 Å². The Morgan fingerprint density at radius 3 is 2.11 bits per heavy atom. The number of nitrogens with zero attached hydrogens (tertiary/aromatic N) is 1. The van der Waals surface area contributed by atoms with Gasteiger partial charge >= 0.3 is 0 Å². The summed E-state index contributed by atoms with van der Waals surface area (Å²) in [4.78, 5) is 28.3. The van der Waals surface area contributed by atoms with Crippen LogP contribution in [0.1, 0.15) is 22.7 Å². The Morgan fingerprint density at radius 2 is 1.43 bits per heavy atom. The van der Waals surface area contributed by atoms with Crippen molar-refractivity contribution in [3.8, 4) is 11.5 Å². The normalized spacial score (nSPS) is 16.8. The van der Waals surface area contributed by atoms with Gasteiger partial charge in [-0.3, -0.25) is 9.59 Å². The third-order valence-electron chi connectivity index (χ3n) is 6.82. The zero-order chi connectivity index (χ0) is 25.9. The molecule has 1 saturated heterocycles. The van der Waals surface area contributed by atoms with Gasteiger partial charge in [-0.2, -0.15) is 0 Å². The Hall–Kier alpha value is -4.58. The maximum Gasteiger partial charge on any atom is 0.295 e. The number of fused-ring (bicyclic) bond motifs is 1. The van der Waals surface area contributed by atoms with Gasteiger partial charge in [-0.1, -0.05) is 66.7 Å². The quantitative estimate of drug-likeness (QED) is 0.208. The highest BCUT2D eigenvalue weighted by Crippen LogP contribution is 2.41. The SMILES string of the molecule is COc1ccc(CCN2C(=O)C(=O)/C(=C(\O)c3cccc4ccccc34)C2c2ccc(OC)cc2)cc1. The smallest absolute Gasteiger partial charge is 0.295 e. The molecule has 1 atom stereocenters. The number of carbonyl (C=O) groups is 2. The largest absolute Gasteiger partial charge is 0.507 e. The van der Waals surface area contributed by atoms with E-state index in [-0.39, 0.29) is 11.3 Å². The number of methoxy groups -OCH3 is 2. The van der Waals surface area contributed by atoms with E-state index in [2.05, 4.69) is 0 Å². The molecule has 0 bridgehead atoms. The van der Waals surface area contributed by atoms with Crippen molar-refractivity contribution in [1.82, 2.24) is 4.90 Å². The molecular weight excluding hydrogens is 466 g/mol. The van der Waals surface area contributed by atoms with Crippen LogP contribution in [0, 0.1) is 0 Å². The van der Waals surface area contributed by atoms with E-state index >= 15 is 0 Å². The molecule has 1 amide bonds. The molecule has 186 valence electrons. The predicted octanol–water partition coefficient (Wildman–Crippen LogP) is 5.52. The molecule has 1 fully saturated rings. The maximum atomic E-state index is 13.4. The summed E-state index contributed by atoms with van der Waals surface area (Å²) in [5.41, 5.74) is 2.33. The van der Waals surface area contributed by atoms with Crippen molar-refractivity contribution < 1.29 is 24.2 Å². The first kappa shape index (κ1) is 24.1. The Kier molecular flexibility index (Phi) is 6.64. The van der Waals surface area contributed by atoms with Crippen LogP contribution < -0.4 is 9.47 Å². The number of Topliss-reactive ketones (excluding diaryl/α,β-unsaturated/α-hetero) is 1. The highest BCUT2D eigenvalue weighted by Gasteiger charge is 2.46. The molecule has 0 aromatic heterocycles. The zero-order valence-corrected chi connectivity index (χ0v) is 20.7. The number of aliphatic hydroxyl groups excluding tert-OH is 1. The Balaban J connectivity index is 1.59. The standard InChI is InChI=1S/C31H27NO5/c1-36-23-14-10-20(11-15-23)18-19-32-28(22-12-16-24(37-2)17-13-22)27(30(34)31(32)35)29(33)26-9-5-7-21-6-3-4-8-25(21)26/h3-17,28,33H,18-19H2,1-2H3/b29-27-. The molecule has 37 heavy (non-hydrogen) atoms. The summed E-state index contributed by atoms with van der Waals surface area (Å²) in [6.45, 7) is 0.305. The molecule has 6 heteroatoms. The first-order valence-corrected chi connectivity index (χ1v) is 12.0. The van der Waals surface area contributed by atoms with E-state index in [0.29, 0.717) is 24.3 Å². The van der Waals surface area contributed by atoms with Crippen molar-refractivity contribution >= 4 is 28.2 Å². The Bertz CT molecular complexity index is 1480. The van der Waals surface area contributed by atoms with Gasteiger partial charge in [0.25, 0.3) is 11.7 Å². The van der Waals surface area contributed by atoms with Crippen molar-refractivity contribution in [3.05, 3.63) is 113 Å². The van der Waals surface area contributed by atoms with Crippen LogP contribution in [0.2, 0.25) is 0 Å². The molecule has 1 aliphatic heterocycles. The third-order valence-corrected chi connectivity index (χ3v) is 6.82. The van der Waals surface area contributed by atoms with Crippen molar-refractivity contribution in [2.45, 2.75) is 12.5 Å². The molecule has 1 aliphatic rings. The van der Waals surface area contributed by atoms with E-state index in [1.54, 1.807) is 37.3 Å². The number of amides is 1. The average molecular weight is 494 g/mol. The lowest BCUT2D eigenvalue weighted by atomic mass is 9.93. The molecule has 5 rings (SSSR count). The Morgan fingerprint density at radius 1 is 0.811 bits per heavy atom. The monoisotopic (exact) mass is 493 g/mol. The fourth-order valence-corrected chi connectivity index (χ4v) is 4.86. The van der Waals surface area contributed by atoms with Crippen molar-refractivity contribution in [2.75, 3.05) is 20.8 Å². The summed E-state index contributed by atoms with van der Waals surface area (Å²) in [6, 6.07) is 27.3. The predicted molar refractivity (Wildman–Crippen MR) is 143 cm³/mol. The lowest BCUT2D eigenvalue weighted by molar-refractivity contribution is -0.139. The van der Waals surface area contributed by atoms with Crippen LogP contribution in [-0.4, -0.2) is 42.5 Å². The first-order chi connectivity index (χ1) is 18.0. The third kappa shape index (κ3) is 4.54. The van der Waals surface area contributed by atoms with Crippen LogP contribution in [0.25, 0.3) is 16.5 Å². The van der Waals surface area contributed by atoms with Crippen molar-refractivity contribution in [3.63, 3.8) is 0 Å². The summed E-state index contributed by atoms with van der Waals surface area (Å²) in [7, 11) is 3.19. The molecule has 0 radical (unpaired) electrons. The number of rotatable bonds is 7. The number of benzene rings is 4. The minimum atomic E-state index is -0.733. The van der Waals surface area contributed by atoms with Crippen LogP contribution in [0.15, 0.2) is 96.6 Å². The van der Waals surface area contributed by atoms with Crippen LogP contribution in [0.4, 0.5) is 0 Å². The molecule has 0 aliphatic carbocycles. The fraction of sp³-hybridized carbons (Fsp3) is 0.161. The molecule has 0 saturated carbocycles. The number of likely N-dealkylation sites (tertiary alicyclic amines) is 1. The average Bonchev–Trinajstić information content (AvgIpc) is 3.20. The molecule has 4 aromatic rings. The molecule has 1 N–H and O–H groups in total. The number of ketones is 1. The van der Waals surface area contributed by atoms with Gasteiger partial charge in [-0.05, 0) is 52.6 Å². The van der Waals surface area contributed by atoms with Gasteiger partial charge in [0.1, 0.15) is 17.3 Å². The van der Waals surface area contributed by atoms with Crippen LogP contribution >= 0.6 is 0 Å². The molecule has 0 spiro atoms. The highest BCUT2D eigenvalue weighted by molar-refractivity contribution is 6.46. The summed E-state index contributed by atoms with van der Waals surface area (Å²) in [5.74, 6) is -0.0921. The van der Waals surface area contributed by atoms with E-state index in [4.69, 9.17) is 9.47 Å². The van der Waals surface area contributed by atoms with Crippen LogP contribution in [-0.2, 0) is 16.0 Å². The summed E-state index contributed by atoms with van der Waals surface area (Å²) in [5, 5.41) is 13.3. The molecule has 1 unspecified atom stereocenters. The second kappa shape index (κ2) is 10.2. The van der Waals surface area contributed by atoms with Gasteiger partial charge in [0.05, 0.1) is 25.8 Å². The van der Waals surface area contributed by atoms with Gasteiger partial charge in [0, 0.05) is 12.1 Å². The topological polar surface area (TPSA) is 76.1 Å².